The highest BCUT2D eigenvalue weighted by atomic mass is 16.7. The molecule has 0 fully saturated rings. The largest absolute Gasteiger partial charge is 0.354 e. The number of benzene rings is 1. The number of hydrogen-bond donors (Lipinski definition) is 1. The molecular formula is C14H23NO2. The molecule has 17 heavy (non-hydrogen) atoms. The number of hydrogen-bond acceptors (Lipinski definition) is 3. The molecule has 0 aromatic heterocycles. The van der Waals surface area contributed by atoms with Gasteiger partial charge in [-0.15, -0.1) is 0 Å². The van der Waals surface area contributed by atoms with Crippen LogP contribution in [-0.2, 0) is 9.47 Å². The molecule has 0 saturated heterocycles. The standard InChI is InChI=1S/C14H23NO2/c1-10-6-8-13(9-7-10)11(2)15-12(3)14(16-4)17-5/h6-9,11-12,14-15H,1-5H3. The smallest absolute Gasteiger partial charge is 0.171 e. The maximum absolute atomic E-state index is 5.23. The number of aryl methyl sites for hydroxylation is 1. The van der Waals surface area contributed by atoms with Gasteiger partial charge in [-0.2, -0.15) is 0 Å². The quantitative estimate of drug-likeness (QED) is 0.772. The summed E-state index contributed by atoms with van der Waals surface area (Å²) in [7, 11) is 3.31. The van der Waals surface area contributed by atoms with Crippen LogP contribution in [0, 0.1) is 6.92 Å². The van der Waals surface area contributed by atoms with E-state index < -0.39 is 0 Å². The highest BCUT2D eigenvalue weighted by Gasteiger charge is 2.18. The molecule has 3 nitrogen and oxygen atoms in total. The van der Waals surface area contributed by atoms with Crippen LogP contribution in [0.1, 0.15) is 31.0 Å². The molecule has 0 radical (unpaired) electrons. The van der Waals surface area contributed by atoms with Gasteiger partial charge in [-0.1, -0.05) is 29.8 Å². The van der Waals surface area contributed by atoms with Crippen molar-refractivity contribution in [3.05, 3.63) is 35.4 Å². The number of ether oxygens (including phenoxy) is 2. The highest BCUT2D eigenvalue weighted by molar-refractivity contribution is 5.23. The van der Waals surface area contributed by atoms with Gasteiger partial charge in [0.25, 0.3) is 0 Å². The third-order valence-corrected chi connectivity index (χ3v) is 2.96. The molecule has 3 heteroatoms. The molecule has 0 aliphatic rings. The Morgan fingerprint density at radius 1 is 1.00 bits per heavy atom. The average Bonchev–Trinajstić information content (AvgIpc) is 2.31. The zero-order valence-electron chi connectivity index (χ0n) is 11.4. The molecule has 0 saturated carbocycles. The first-order valence-electron chi connectivity index (χ1n) is 5.96. The van der Waals surface area contributed by atoms with E-state index in [4.69, 9.17) is 9.47 Å². The van der Waals surface area contributed by atoms with Gasteiger partial charge in [-0.3, -0.25) is 0 Å². The first-order valence-corrected chi connectivity index (χ1v) is 5.96. The van der Waals surface area contributed by atoms with Crippen molar-refractivity contribution in [3.8, 4) is 0 Å². The van der Waals surface area contributed by atoms with E-state index >= 15 is 0 Å². The predicted molar refractivity (Wildman–Crippen MR) is 70.0 cm³/mol. The van der Waals surface area contributed by atoms with E-state index in [0.717, 1.165) is 0 Å². The maximum Gasteiger partial charge on any atom is 0.171 e. The van der Waals surface area contributed by atoms with Crippen LogP contribution < -0.4 is 5.32 Å². The van der Waals surface area contributed by atoms with Crippen molar-refractivity contribution in [3.63, 3.8) is 0 Å². The molecule has 1 aromatic carbocycles. The minimum Gasteiger partial charge on any atom is -0.354 e. The summed E-state index contributed by atoms with van der Waals surface area (Å²) in [5, 5.41) is 3.47. The Hall–Kier alpha value is -0.900. The van der Waals surface area contributed by atoms with Crippen molar-refractivity contribution in [1.82, 2.24) is 5.32 Å². The molecular weight excluding hydrogens is 214 g/mol. The van der Waals surface area contributed by atoms with Crippen molar-refractivity contribution < 1.29 is 9.47 Å². The molecule has 1 N–H and O–H groups in total. The Morgan fingerprint density at radius 3 is 2.00 bits per heavy atom. The number of nitrogens with one attached hydrogen (secondary N) is 1. The zero-order valence-corrected chi connectivity index (χ0v) is 11.4. The van der Waals surface area contributed by atoms with Crippen molar-refractivity contribution in [2.24, 2.45) is 0 Å². The molecule has 0 bridgehead atoms. The van der Waals surface area contributed by atoms with Crippen molar-refractivity contribution in [2.75, 3.05) is 14.2 Å². The summed E-state index contributed by atoms with van der Waals surface area (Å²) in [6, 6.07) is 8.97. The maximum atomic E-state index is 5.23. The van der Waals surface area contributed by atoms with E-state index in [0.29, 0.717) is 0 Å². The second-order valence-corrected chi connectivity index (χ2v) is 4.43. The van der Waals surface area contributed by atoms with E-state index in [2.05, 4.69) is 50.4 Å². The molecule has 2 unspecified atom stereocenters. The van der Waals surface area contributed by atoms with Gasteiger partial charge >= 0.3 is 0 Å². The monoisotopic (exact) mass is 237 g/mol. The van der Waals surface area contributed by atoms with Crippen LogP contribution in [0.25, 0.3) is 0 Å². The molecule has 0 aliphatic carbocycles. The van der Waals surface area contributed by atoms with Gasteiger partial charge < -0.3 is 14.8 Å². The van der Waals surface area contributed by atoms with Gasteiger partial charge in [0.05, 0.1) is 6.04 Å². The average molecular weight is 237 g/mol. The molecule has 96 valence electrons. The normalized spacial score (nSPS) is 14.9. The van der Waals surface area contributed by atoms with Gasteiger partial charge in [-0.25, -0.2) is 0 Å². The summed E-state index contributed by atoms with van der Waals surface area (Å²) in [6.07, 6.45) is -0.220. The summed E-state index contributed by atoms with van der Waals surface area (Å²) < 4.78 is 10.5. The Labute approximate surface area is 104 Å². The highest BCUT2D eigenvalue weighted by Crippen LogP contribution is 2.15. The Balaban J connectivity index is 2.59. The fraction of sp³-hybridized carbons (Fsp3) is 0.571. The minimum atomic E-state index is -0.220. The van der Waals surface area contributed by atoms with Crippen LogP contribution >= 0.6 is 0 Å². The SMILES string of the molecule is COC(OC)C(C)NC(C)c1ccc(C)cc1. The third-order valence-electron chi connectivity index (χ3n) is 2.96. The summed E-state index contributed by atoms with van der Waals surface area (Å²) in [5.74, 6) is 0. The summed E-state index contributed by atoms with van der Waals surface area (Å²) in [6.45, 7) is 6.29. The van der Waals surface area contributed by atoms with Crippen LogP contribution in [-0.4, -0.2) is 26.6 Å². The summed E-state index contributed by atoms with van der Waals surface area (Å²) in [4.78, 5) is 0. The Morgan fingerprint density at radius 2 is 1.53 bits per heavy atom. The van der Waals surface area contributed by atoms with E-state index in [1.165, 1.54) is 11.1 Å². The lowest BCUT2D eigenvalue weighted by Gasteiger charge is -2.26. The second kappa shape index (κ2) is 6.74. The summed E-state index contributed by atoms with van der Waals surface area (Å²) in [5.41, 5.74) is 2.55. The van der Waals surface area contributed by atoms with E-state index in [1.807, 2.05) is 0 Å². The fourth-order valence-corrected chi connectivity index (χ4v) is 1.93. The number of rotatable bonds is 6. The van der Waals surface area contributed by atoms with Crippen LogP contribution in [0.5, 0.6) is 0 Å². The van der Waals surface area contributed by atoms with Gasteiger partial charge in [0.2, 0.25) is 0 Å². The molecule has 1 aromatic rings. The zero-order chi connectivity index (χ0) is 12.8. The third kappa shape index (κ3) is 4.11. The molecule has 0 spiro atoms. The van der Waals surface area contributed by atoms with Crippen molar-refractivity contribution >= 4 is 0 Å². The topological polar surface area (TPSA) is 30.5 Å². The van der Waals surface area contributed by atoms with Crippen LogP contribution in [0.3, 0.4) is 0 Å². The second-order valence-electron chi connectivity index (χ2n) is 4.43. The molecule has 1 rings (SSSR count). The summed E-state index contributed by atoms with van der Waals surface area (Å²) >= 11 is 0. The van der Waals surface area contributed by atoms with Gasteiger partial charge in [0.15, 0.2) is 6.29 Å². The van der Waals surface area contributed by atoms with Gasteiger partial charge in [-0.05, 0) is 26.3 Å². The molecule has 2 atom stereocenters. The lowest BCUT2D eigenvalue weighted by Crippen LogP contribution is -2.40. The Bertz CT molecular complexity index is 319. The van der Waals surface area contributed by atoms with Crippen LogP contribution in [0.15, 0.2) is 24.3 Å². The first kappa shape index (κ1) is 14.2. The lowest BCUT2D eigenvalue weighted by molar-refractivity contribution is -0.120. The number of methoxy groups -OCH3 is 2. The minimum absolute atomic E-state index is 0.140. The van der Waals surface area contributed by atoms with Crippen LogP contribution in [0.2, 0.25) is 0 Å². The fourth-order valence-electron chi connectivity index (χ4n) is 1.93. The van der Waals surface area contributed by atoms with Crippen molar-refractivity contribution in [2.45, 2.75) is 39.1 Å². The van der Waals surface area contributed by atoms with E-state index in [-0.39, 0.29) is 18.4 Å². The molecule has 0 amide bonds. The lowest BCUT2D eigenvalue weighted by atomic mass is 10.1. The first-order chi connectivity index (χ1) is 8.08. The molecule has 0 aliphatic heterocycles. The van der Waals surface area contributed by atoms with E-state index in [9.17, 15) is 0 Å². The van der Waals surface area contributed by atoms with E-state index in [1.54, 1.807) is 14.2 Å². The molecule has 0 heterocycles. The predicted octanol–water partition coefficient (Wildman–Crippen LogP) is 2.65. The Kier molecular flexibility index (Phi) is 5.62. The van der Waals surface area contributed by atoms with Crippen molar-refractivity contribution in [1.29, 1.82) is 0 Å². The van der Waals surface area contributed by atoms with Gasteiger partial charge in [0.1, 0.15) is 0 Å². The van der Waals surface area contributed by atoms with Crippen LogP contribution in [0.4, 0.5) is 0 Å². The van der Waals surface area contributed by atoms with Gasteiger partial charge in [0, 0.05) is 20.3 Å².